The molecule has 120 valence electrons. The Morgan fingerprint density at radius 2 is 1.48 bits per heavy atom. The molecule has 23 heavy (non-hydrogen) atoms. The number of carbonyl (C=O) groups excluding carboxylic acids is 2. The van der Waals surface area contributed by atoms with Gasteiger partial charge in [0.05, 0.1) is 6.54 Å². The van der Waals surface area contributed by atoms with E-state index in [4.69, 9.17) is 0 Å². The van der Waals surface area contributed by atoms with Crippen molar-refractivity contribution in [3.63, 3.8) is 0 Å². The zero-order valence-corrected chi connectivity index (χ0v) is 13.3. The number of amides is 2. The van der Waals surface area contributed by atoms with Crippen LogP contribution in [0.3, 0.4) is 0 Å². The third-order valence-electron chi connectivity index (χ3n) is 3.36. The molecule has 1 atom stereocenters. The second kappa shape index (κ2) is 8.10. The van der Waals surface area contributed by atoms with Gasteiger partial charge >= 0.3 is 0 Å². The summed E-state index contributed by atoms with van der Waals surface area (Å²) >= 11 is 0. The first-order chi connectivity index (χ1) is 11.0. The van der Waals surface area contributed by atoms with Crippen LogP contribution in [-0.2, 0) is 9.59 Å². The number of anilines is 2. The molecule has 0 spiro atoms. The molecule has 5 heteroatoms. The van der Waals surface area contributed by atoms with Crippen molar-refractivity contribution in [2.45, 2.75) is 19.9 Å². The molecule has 0 aromatic heterocycles. The minimum Gasteiger partial charge on any atom is -0.326 e. The van der Waals surface area contributed by atoms with Crippen LogP contribution in [0.5, 0.6) is 0 Å². The molecule has 0 radical (unpaired) electrons. The molecule has 0 aliphatic carbocycles. The number of rotatable bonds is 6. The van der Waals surface area contributed by atoms with Gasteiger partial charge in [0.25, 0.3) is 0 Å². The predicted octanol–water partition coefficient (Wildman–Crippen LogP) is 2.93. The van der Waals surface area contributed by atoms with Crippen LogP contribution < -0.4 is 16.0 Å². The van der Waals surface area contributed by atoms with Crippen LogP contribution in [0.25, 0.3) is 0 Å². The molecule has 5 nitrogen and oxygen atoms in total. The molecule has 0 heterocycles. The van der Waals surface area contributed by atoms with Crippen LogP contribution in [0.15, 0.2) is 54.6 Å². The van der Waals surface area contributed by atoms with Crippen molar-refractivity contribution >= 4 is 23.2 Å². The molecule has 2 aromatic carbocycles. The standard InChI is InChI=1S/C18H21N3O2/c1-13(15-6-4-3-5-7-15)19-12-18(23)21-17-10-8-16(9-11-17)20-14(2)22/h3-11,13,19H,12H2,1-2H3,(H,20,22)(H,21,23)/t13-/m0/s1. The Balaban J connectivity index is 1.81. The van der Waals surface area contributed by atoms with Crippen LogP contribution in [0.2, 0.25) is 0 Å². The molecule has 0 saturated carbocycles. The Kier molecular flexibility index (Phi) is 5.88. The maximum absolute atomic E-state index is 12.0. The monoisotopic (exact) mass is 311 g/mol. The van der Waals surface area contributed by atoms with E-state index >= 15 is 0 Å². The van der Waals surface area contributed by atoms with Crippen molar-refractivity contribution in [2.75, 3.05) is 17.2 Å². The second-order valence-electron chi connectivity index (χ2n) is 5.32. The summed E-state index contributed by atoms with van der Waals surface area (Å²) in [4.78, 5) is 22.9. The Bertz CT molecular complexity index is 654. The summed E-state index contributed by atoms with van der Waals surface area (Å²) in [6.07, 6.45) is 0. The molecule has 2 aromatic rings. The highest BCUT2D eigenvalue weighted by Gasteiger charge is 2.07. The summed E-state index contributed by atoms with van der Waals surface area (Å²) in [6.45, 7) is 3.70. The Labute approximate surface area is 136 Å². The summed E-state index contributed by atoms with van der Waals surface area (Å²) in [6, 6.07) is 17.1. The lowest BCUT2D eigenvalue weighted by Gasteiger charge is -2.14. The molecule has 0 unspecified atom stereocenters. The van der Waals surface area contributed by atoms with E-state index in [0.717, 1.165) is 5.56 Å². The van der Waals surface area contributed by atoms with Gasteiger partial charge in [-0.05, 0) is 36.8 Å². The topological polar surface area (TPSA) is 70.2 Å². The SMILES string of the molecule is CC(=O)Nc1ccc(NC(=O)CN[C@@H](C)c2ccccc2)cc1. The van der Waals surface area contributed by atoms with Gasteiger partial charge in [0.15, 0.2) is 0 Å². The highest BCUT2D eigenvalue weighted by atomic mass is 16.2. The highest BCUT2D eigenvalue weighted by molar-refractivity contribution is 5.93. The lowest BCUT2D eigenvalue weighted by Crippen LogP contribution is -2.30. The molecule has 3 N–H and O–H groups in total. The second-order valence-corrected chi connectivity index (χ2v) is 5.32. The maximum atomic E-state index is 12.0. The first-order valence-corrected chi connectivity index (χ1v) is 7.50. The van der Waals surface area contributed by atoms with Crippen molar-refractivity contribution in [3.8, 4) is 0 Å². The van der Waals surface area contributed by atoms with Crippen LogP contribution >= 0.6 is 0 Å². The van der Waals surface area contributed by atoms with Crippen molar-refractivity contribution in [1.29, 1.82) is 0 Å². The summed E-state index contributed by atoms with van der Waals surface area (Å²) in [5.74, 6) is -0.235. The number of hydrogen-bond acceptors (Lipinski definition) is 3. The van der Waals surface area contributed by atoms with E-state index in [1.807, 2.05) is 37.3 Å². The number of benzene rings is 2. The van der Waals surface area contributed by atoms with E-state index in [9.17, 15) is 9.59 Å². The largest absolute Gasteiger partial charge is 0.326 e. The summed E-state index contributed by atoms with van der Waals surface area (Å²) in [5.41, 5.74) is 2.53. The van der Waals surface area contributed by atoms with Gasteiger partial charge in [0, 0.05) is 24.3 Å². The fourth-order valence-corrected chi connectivity index (χ4v) is 2.15. The zero-order valence-electron chi connectivity index (χ0n) is 13.3. The summed E-state index contributed by atoms with van der Waals surface area (Å²) < 4.78 is 0. The van der Waals surface area contributed by atoms with Gasteiger partial charge in [-0.2, -0.15) is 0 Å². The highest BCUT2D eigenvalue weighted by Crippen LogP contribution is 2.14. The molecule has 2 rings (SSSR count). The number of hydrogen-bond donors (Lipinski definition) is 3. The Hall–Kier alpha value is -2.66. The minimum absolute atomic E-state index is 0.101. The van der Waals surface area contributed by atoms with Crippen LogP contribution in [-0.4, -0.2) is 18.4 Å². The van der Waals surface area contributed by atoms with Gasteiger partial charge in [-0.15, -0.1) is 0 Å². The predicted molar refractivity (Wildman–Crippen MR) is 92.2 cm³/mol. The van der Waals surface area contributed by atoms with Gasteiger partial charge in [-0.1, -0.05) is 30.3 Å². The van der Waals surface area contributed by atoms with Gasteiger partial charge in [-0.3, -0.25) is 9.59 Å². The Morgan fingerprint density at radius 3 is 2.04 bits per heavy atom. The zero-order chi connectivity index (χ0) is 16.7. The first kappa shape index (κ1) is 16.7. The molecule has 0 saturated heterocycles. The fourth-order valence-electron chi connectivity index (χ4n) is 2.15. The number of carbonyl (C=O) groups is 2. The van der Waals surface area contributed by atoms with E-state index in [1.54, 1.807) is 24.3 Å². The van der Waals surface area contributed by atoms with E-state index in [1.165, 1.54) is 6.92 Å². The van der Waals surface area contributed by atoms with Gasteiger partial charge < -0.3 is 16.0 Å². The van der Waals surface area contributed by atoms with E-state index in [-0.39, 0.29) is 24.4 Å². The molecular formula is C18H21N3O2. The minimum atomic E-state index is -0.124. The van der Waals surface area contributed by atoms with E-state index in [2.05, 4.69) is 16.0 Å². The van der Waals surface area contributed by atoms with Gasteiger partial charge in [0.2, 0.25) is 11.8 Å². The fraction of sp³-hybridized carbons (Fsp3) is 0.222. The quantitative estimate of drug-likeness (QED) is 0.768. The molecule has 0 aliphatic rings. The van der Waals surface area contributed by atoms with Gasteiger partial charge in [-0.25, -0.2) is 0 Å². The lowest BCUT2D eigenvalue weighted by molar-refractivity contribution is -0.115. The van der Waals surface area contributed by atoms with Crippen molar-refractivity contribution in [3.05, 3.63) is 60.2 Å². The van der Waals surface area contributed by atoms with Crippen molar-refractivity contribution in [1.82, 2.24) is 5.32 Å². The molecule has 2 amide bonds. The van der Waals surface area contributed by atoms with Crippen LogP contribution in [0, 0.1) is 0 Å². The average Bonchev–Trinajstić information content (AvgIpc) is 2.55. The lowest BCUT2D eigenvalue weighted by atomic mass is 10.1. The van der Waals surface area contributed by atoms with Crippen LogP contribution in [0.4, 0.5) is 11.4 Å². The normalized spacial score (nSPS) is 11.6. The molecule has 0 bridgehead atoms. The van der Waals surface area contributed by atoms with E-state index < -0.39 is 0 Å². The smallest absolute Gasteiger partial charge is 0.238 e. The molecule has 0 aliphatic heterocycles. The Morgan fingerprint density at radius 1 is 0.913 bits per heavy atom. The third-order valence-corrected chi connectivity index (χ3v) is 3.36. The van der Waals surface area contributed by atoms with Crippen molar-refractivity contribution < 1.29 is 9.59 Å². The summed E-state index contributed by atoms with van der Waals surface area (Å²) in [7, 11) is 0. The average molecular weight is 311 g/mol. The number of nitrogens with one attached hydrogen (secondary N) is 3. The molecular weight excluding hydrogens is 290 g/mol. The van der Waals surface area contributed by atoms with Gasteiger partial charge in [0.1, 0.15) is 0 Å². The third kappa shape index (κ3) is 5.56. The summed E-state index contributed by atoms with van der Waals surface area (Å²) in [5, 5.41) is 8.68. The van der Waals surface area contributed by atoms with E-state index in [0.29, 0.717) is 11.4 Å². The van der Waals surface area contributed by atoms with Crippen molar-refractivity contribution in [2.24, 2.45) is 0 Å². The maximum Gasteiger partial charge on any atom is 0.238 e. The van der Waals surface area contributed by atoms with Crippen LogP contribution in [0.1, 0.15) is 25.5 Å². The first-order valence-electron chi connectivity index (χ1n) is 7.50. The molecule has 0 fully saturated rings.